The van der Waals surface area contributed by atoms with E-state index >= 15 is 0 Å². The molecule has 7 nitrogen and oxygen atoms in total. The number of allylic oxidation sites excluding steroid dienone is 1. The Balaban J connectivity index is 1.55. The highest BCUT2D eigenvalue weighted by atomic mass is 16.3. The minimum Gasteiger partial charge on any atom is -0.508 e. The summed E-state index contributed by atoms with van der Waals surface area (Å²) in [6.07, 6.45) is 3.64. The lowest BCUT2D eigenvalue weighted by Crippen LogP contribution is -2.28. The summed E-state index contributed by atoms with van der Waals surface area (Å²) in [7, 11) is 0. The van der Waals surface area contributed by atoms with Gasteiger partial charge in [0.05, 0.1) is 11.9 Å². The Morgan fingerprint density at radius 1 is 0.946 bits per heavy atom. The molecule has 0 saturated heterocycles. The Morgan fingerprint density at radius 2 is 1.73 bits per heavy atom. The largest absolute Gasteiger partial charge is 0.508 e. The Hall–Kier alpha value is -4.91. The van der Waals surface area contributed by atoms with Crippen LogP contribution in [0.4, 0.5) is 11.5 Å². The lowest BCUT2D eigenvalue weighted by atomic mass is 9.93. The lowest BCUT2D eigenvalue weighted by Gasteiger charge is -2.35. The summed E-state index contributed by atoms with van der Waals surface area (Å²) < 4.78 is 1.85. The van der Waals surface area contributed by atoms with Gasteiger partial charge in [-0.2, -0.15) is 5.10 Å². The summed E-state index contributed by atoms with van der Waals surface area (Å²) in [5.74, 6) is 0.493. The van der Waals surface area contributed by atoms with Crippen molar-refractivity contribution in [3.05, 3.63) is 108 Å². The number of para-hydroxylation sites is 1. The van der Waals surface area contributed by atoms with Gasteiger partial charge in [0.15, 0.2) is 5.65 Å². The highest BCUT2D eigenvalue weighted by Gasteiger charge is 2.27. The molecule has 0 bridgehead atoms. The van der Waals surface area contributed by atoms with Crippen molar-refractivity contribution < 1.29 is 5.11 Å². The first-order chi connectivity index (χ1) is 17.9. The Kier molecular flexibility index (Phi) is 5.26. The normalized spacial score (nSPS) is 13.1. The fraction of sp³-hybridized carbons (Fsp3) is 0.100. The zero-order chi connectivity index (χ0) is 25.7. The van der Waals surface area contributed by atoms with Gasteiger partial charge in [0, 0.05) is 28.2 Å². The fourth-order valence-electron chi connectivity index (χ4n) is 5.11. The molecular weight excluding hydrogens is 460 g/mol. The summed E-state index contributed by atoms with van der Waals surface area (Å²) in [5.41, 5.74) is 15.8. The highest BCUT2D eigenvalue weighted by molar-refractivity contribution is 5.98. The lowest BCUT2D eigenvalue weighted by molar-refractivity contribution is 0.475. The number of aromatic hydroxyl groups is 1. The molecule has 0 aliphatic carbocycles. The molecule has 0 spiro atoms. The fourth-order valence-corrected chi connectivity index (χ4v) is 5.11. The minimum absolute atomic E-state index is 0.152. The average molecular weight is 487 g/mol. The van der Waals surface area contributed by atoms with Gasteiger partial charge in [-0.05, 0) is 54.8 Å². The minimum atomic E-state index is 0.152. The molecule has 3 heterocycles. The number of phenolic OH excluding ortho intramolecular Hbond substituents is 1. The smallest absolute Gasteiger partial charge is 0.164 e. The van der Waals surface area contributed by atoms with Crippen LogP contribution in [0.1, 0.15) is 22.3 Å². The maximum atomic E-state index is 10.1. The summed E-state index contributed by atoms with van der Waals surface area (Å²) in [5, 5.41) is 15.7. The first-order valence-corrected chi connectivity index (χ1v) is 12.0. The van der Waals surface area contributed by atoms with Crippen LogP contribution in [-0.2, 0) is 6.54 Å². The van der Waals surface area contributed by atoms with Crippen LogP contribution in [0.3, 0.4) is 0 Å². The molecule has 3 N–H and O–H groups in total. The van der Waals surface area contributed by atoms with Crippen molar-refractivity contribution in [2.45, 2.75) is 20.4 Å². The van der Waals surface area contributed by atoms with E-state index in [-0.39, 0.29) is 5.75 Å². The molecule has 0 radical (unpaired) electrons. The molecule has 0 fully saturated rings. The zero-order valence-electron chi connectivity index (χ0n) is 20.7. The number of benzene rings is 3. The number of nitrogens with two attached hydrogens (primary N) is 1. The van der Waals surface area contributed by atoms with Gasteiger partial charge in [0.1, 0.15) is 23.6 Å². The van der Waals surface area contributed by atoms with Crippen LogP contribution >= 0.6 is 0 Å². The summed E-state index contributed by atoms with van der Waals surface area (Å²) in [4.78, 5) is 11.0. The topological polar surface area (TPSA) is 93.1 Å². The van der Waals surface area contributed by atoms with Crippen molar-refractivity contribution in [3.63, 3.8) is 0 Å². The Labute approximate surface area is 214 Å². The number of aryl methyl sites for hydroxylation is 2. The van der Waals surface area contributed by atoms with E-state index in [1.807, 2.05) is 22.9 Å². The summed E-state index contributed by atoms with van der Waals surface area (Å²) in [6.45, 7) is 9.17. The molecule has 0 unspecified atom stereocenters. The number of phenols is 1. The molecule has 37 heavy (non-hydrogen) atoms. The van der Waals surface area contributed by atoms with E-state index in [9.17, 15) is 5.11 Å². The molecule has 6 rings (SSSR count). The molecular formula is C30H26N6O. The van der Waals surface area contributed by atoms with E-state index in [2.05, 4.69) is 71.7 Å². The zero-order valence-corrected chi connectivity index (χ0v) is 20.7. The van der Waals surface area contributed by atoms with Crippen LogP contribution < -0.4 is 10.6 Å². The quantitative estimate of drug-likeness (QED) is 0.327. The van der Waals surface area contributed by atoms with Gasteiger partial charge in [-0.15, -0.1) is 0 Å². The molecule has 0 atom stereocenters. The molecule has 1 aliphatic heterocycles. The van der Waals surface area contributed by atoms with Gasteiger partial charge in [-0.3, -0.25) is 0 Å². The van der Waals surface area contributed by atoms with E-state index < -0.39 is 0 Å². The van der Waals surface area contributed by atoms with Crippen molar-refractivity contribution in [1.29, 1.82) is 0 Å². The van der Waals surface area contributed by atoms with Crippen molar-refractivity contribution in [2.24, 2.45) is 0 Å². The van der Waals surface area contributed by atoms with E-state index in [1.54, 1.807) is 18.2 Å². The number of hydrogen-bond donors (Lipinski definition) is 2. The predicted octanol–water partition coefficient (Wildman–Crippen LogP) is 5.93. The molecule has 0 saturated carbocycles. The van der Waals surface area contributed by atoms with Gasteiger partial charge < -0.3 is 15.7 Å². The van der Waals surface area contributed by atoms with Crippen LogP contribution in [0.15, 0.2) is 85.3 Å². The molecule has 5 aromatic rings. The van der Waals surface area contributed by atoms with Crippen LogP contribution in [0, 0.1) is 13.8 Å². The number of nitrogens with zero attached hydrogens (tertiary/aromatic N) is 5. The maximum Gasteiger partial charge on any atom is 0.164 e. The van der Waals surface area contributed by atoms with Crippen LogP contribution in [0.25, 0.3) is 34.1 Å². The van der Waals surface area contributed by atoms with Gasteiger partial charge in [-0.1, -0.05) is 55.1 Å². The second-order valence-corrected chi connectivity index (χ2v) is 9.26. The average Bonchev–Trinajstić information content (AvgIpc) is 3.25. The van der Waals surface area contributed by atoms with Crippen molar-refractivity contribution in [2.75, 3.05) is 10.6 Å². The first kappa shape index (κ1) is 22.5. The van der Waals surface area contributed by atoms with Gasteiger partial charge in [-0.25, -0.2) is 14.6 Å². The summed E-state index contributed by atoms with van der Waals surface area (Å²) >= 11 is 0. The van der Waals surface area contributed by atoms with Gasteiger partial charge >= 0.3 is 0 Å². The predicted molar refractivity (Wildman–Crippen MR) is 149 cm³/mol. The molecule has 182 valence electrons. The third-order valence-electron chi connectivity index (χ3n) is 6.82. The Bertz CT molecular complexity index is 1730. The number of rotatable bonds is 4. The van der Waals surface area contributed by atoms with Crippen molar-refractivity contribution in [1.82, 2.24) is 19.7 Å². The molecule has 2 aromatic heterocycles. The van der Waals surface area contributed by atoms with E-state index in [0.717, 1.165) is 39.3 Å². The Morgan fingerprint density at radius 3 is 2.54 bits per heavy atom. The van der Waals surface area contributed by atoms with Crippen LogP contribution in [0.5, 0.6) is 5.75 Å². The molecule has 1 aliphatic rings. The second kappa shape index (κ2) is 8.64. The van der Waals surface area contributed by atoms with E-state index in [1.165, 1.54) is 11.9 Å². The number of aromatic nitrogens is 4. The van der Waals surface area contributed by atoms with Gasteiger partial charge in [0.2, 0.25) is 0 Å². The number of hydrogen-bond acceptors (Lipinski definition) is 6. The SMILES string of the molecule is C=C1c2c(C)cccc2C=C(Cn2nc(-c3cccc(O)c3)c3c(N)ncnc32)N1c1ccccc1C. The number of nitrogen functional groups attached to an aromatic ring is 1. The standard InChI is InChI=1S/C30H26N6O/c1-18-8-4-5-13-25(18)36-20(3)26-19(2)9-6-10-21(26)14-23(36)16-35-30-27(29(31)32-17-33-30)28(34-35)22-11-7-12-24(37)15-22/h4-15,17,37H,3,16H2,1-2H3,(H2,31,32,33). The van der Waals surface area contributed by atoms with E-state index in [4.69, 9.17) is 10.8 Å². The molecule has 0 amide bonds. The number of anilines is 2. The molecule has 7 heteroatoms. The van der Waals surface area contributed by atoms with Gasteiger partial charge in [0.25, 0.3) is 0 Å². The van der Waals surface area contributed by atoms with Crippen LogP contribution in [-0.4, -0.2) is 24.9 Å². The van der Waals surface area contributed by atoms with Crippen molar-refractivity contribution >= 4 is 34.3 Å². The second-order valence-electron chi connectivity index (χ2n) is 9.26. The third-order valence-corrected chi connectivity index (χ3v) is 6.82. The van der Waals surface area contributed by atoms with Crippen LogP contribution in [0.2, 0.25) is 0 Å². The third kappa shape index (κ3) is 3.72. The molecule has 3 aromatic carbocycles. The van der Waals surface area contributed by atoms with E-state index in [0.29, 0.717) is 29.1 Å². The monoisotopic (exact) mass is 486 g/mol. The maximum absolute atomic E-state index is 10.1. The van der Waals surface area contributed by atoms with Crippen molar-refractivity contribution in [3.8, 4) is 17.0 Å². The summed E-state index contributed by atoms with van der Waals surface area (Å²) in [6, 6.07) is 21.5. The highest BCUT2D eigenvalue weighted by Crippen LogP contribution is 2.40. The number of fused-ring (bicyclic) bond motifs is 2. The first-order valence-electron chi connectivity index (χ1n) is 12.0.